The molecule has 0 bridgehead atoms. The number of benzene rings is 11. The van der Waals surface area contributed by atoms with Crippen LogP contribution in [0.3, 0.4) is 0 Å². The van der Waals surface area contributed by atoms with Crippen molar-refractivity contribution in [2.75, 3.05) is 4.90 Å². The molecule has 0 heterocycles. The largest absolute Gasteiger partial charge is 0.309 e. The lowest BCUT2D eigenvalue weighted by Gasteiger charge is -2.31. The predicted molar refractivity (Wildman–Crippen MR) is 275 cm³/mol. The Bertz CT molecular complexity index is 3530. The van der Waals surface area contributed by atoms with Crippen LogP contribution in [0.2, 0.25) is 0 Å². The molecule has 0 N–H and O–H groups in total. The lowest BCUT2D eigenvalue weighted by Crippen LogP contribution is -2.22. The zero-order chi connectivity index (χ0) is 43.3. The van der Waals surface area contributed by atoms with E-state index in [-0.39, 0.29) is 5.41 Å². The molecule has 0 aliphatic heterocycles. The second-order valence-electron chi connectivity index (χ2n) is 17.4. The fourth-order valence-corrected chi connectivity index (χ4v) is 10.4. The number of hydrogen-bond donors (Lipinski definition) is 0. The van der Waals surface area contributed by atoms with Crippen molar-refractivity contribution in [3.63, 3.8) is 0 Å². The fraction of sp³-hybridized carbons (Fsp3) is 0.0312. The number of nitrogens with zero attached hydrogens (tertiary/aromatic N) is 1. The van der Waals surface area contributed by atoms with E-state index in [1.54, 1.807) is 0 Å². The van der Waals surface area contributed by atoms with E-state index in [2.05, 4.69) is 267 Å². The summed E-state index contributed by atoms with van der Waals surface area (Å²) >= 11 is 0. The standard InChI is InChI=1S/C64H45N/c1-64(53-19-3-2-4-20-53)59-25-11-9-23-58(59)63-60(64)26-14-28-62(63)65(54-41-39-46(40-42-54)45-29-34-49(35-30-45)56-24-13-18-48-16-7-8-21-55(48)56)61-27-12-10-22-57(61)50-36-31-47(32-37-50)52-38-33-44-15-5-6-17-51(44)43-52/h2-43H,1H3. The number of fused-ring (bicyclic) bond motifs is 5. The molecule has 12 rings (SSSR count). The van der Waals surface area contributed by atoms with E-state index in [0.717, 1.165) is 17.1 Å². The minimum Gasteiger partial charge on any atom is -0.309 e. The van der Waals surface area contributed by atoms with E-state index >= 15 is 0 Å². The monoisotopic (exact) mass is 827 g/mol. The summed E-state index contributed by atoms with van der Waals surface area (Å²) in [6.45, 7) is 2.40. The van der Waals surface area contributed by atoms with Gasteiger partial charge in [0.1, 0.15) is 0 Å². The topological polar surface area (TPSA) is 3.24 Å². The van der Waals surface area contributed by atoms with Crippen molar-refractivity contribution >= 4 is 38.6 Å². The average Bonchev–Trinajstić information content (AvgIpc) is 3.65. The molecule has 0 aromatic heterocycles. The molecule has 11 aromatic rings. The Morgan fingerprint density at radius 2 is 0.800 bits per heavy atom. The highest BCUT2D eigenvalue weighted by molar-refractivity contribution is 6.00. The molecule has 1 aliphatic carbocycles. The Morgan fingerprint density at radius 3 is 1.57 bits per heavy atom. The van der Waals surface area contributed by atoms with E-state index in [9.17, 15) is 0 Å². The van der Waals surface area contributed by atoms with E-state index in [4.69, 9.17) is 0 Å². The van der Waals surface area contributed by atoms with E-state index in [1.807, 2.05) is 0 Å². The Hall–Kier alpha value is -8.26. The summed E-state index contributed by atoms with van der Waals surface area (Å²) in [5.74, 6) is 0. The van der Waals surface area contributed by atoms with Gasteiger partial charge in [0.2, 0.25) is 0 Å². The van der Waals surface area contributed by atoms with Gasteiger partial charge in [0, 0.05) is 22.2 Å². The van der Waals surface area contributed by atoms with E-state index in [1.165, 1.54) is 93.9 Å². The normalized spacial score (nSPS) is 14.0. The highest BCUT2D eigenvalue weighted by Crippen LogP contribution is 2.57. The lowest BCUT2D eigenvalue weighted by molar-refractivity contribution is 0.714. The van der Waals surface area contributed by atoms with Gasteiger partial charge in [0.25, 0.3) is 0 Å². The maximum atomic E-state index is 2.49. The van der Waals surface area contributed by atoms with Crippen molar-refractivity contribution in [2.24, 2.45) is 0 Å². The van der Waals surface area contributed by atoms with Crippen LogP contribution < -0.4 is 4.90 Å². The van der Waals surface area contributed by atoms with Gasteiger partial charge < -0.3 is 4.90 Å². The Kier molecular flexibility index (Phi) is 9.35. The molecule has 1 atom stereocenters. The molecule has 0 saturated carbocycles. The van der Waals surface area contributed by atoms with Crippen LogP contribution in [-0.4, -0.2) is 0 Å². The van der Waals surface area contributed by atoms with Crippen LogP contribution in [0.4, 0.5) is 17.1 Å². The first-order valence-electron chi connectivity index (χ1n) is 22.6. The van der Waals surface area contributed by atoms with Gasteiger partial charge >= 0.3 is 0 Å². The van der Waals surface area contributed by atoms with Crippen LogP contribution in [0.15, 0.2) is 255 Å². The first-order valence-corrected chi connectivity index (χ1v) is 22.6. The summed E-state index contributed by atoms with van der Waals surface area (Å²) in [5.41, 5.74) is 19.1. The highest BCUT2D eigenvalue weighted by Gasteiger charge is 2.42. The van der Waals surface area contributed by atoms with Crippen molar-refractivity contribution in [1.82, 2.24) is 0 Å². The van der Waals surface area contributed by atoms with Gasteiger partial charge in [-0.2, -0.15) is 0 Å². The minimum absolute atomic E-state index is 0.324. The predicted octanol–water partition coefficient (Wildman–Crippen LogP) is 17.5. The number of rotatable bonds is 8. The zero-order valence-electron chi connectivity index (χ0n) is 36.2. The zero-order valence-corrected chi connectivity index (χ0v) is 36.2. The third kappa shape index (κ3) is 6.55. The summed E-state index contributed by atoms with van der Waals surface area (Å²) in [6, 6.07) is 93.6. The summed E-state index contributed by atoms with van der Waals surface area (Å²) < 4.78 is 0. The number of hydrogen-bond acceptors (Lipinski definition) is 1. The SMILES string of the molecule is CC1(c2ccccc2)c2ccccc2-c2c(N(c3ccc(-c4ccc(-c5cccc6ccccc56)cc4)cc3)c3ccccc3-c3ccc(-c4ccc5ccccc5c4)cc3)cccc21. The first-order chi connectivity index (χ1) is 32.1. The summed E-state index contributed by atoms with van der Waals surface area (Å²) in [4.78, 5) is 2.49. The highest BCUT2D eigenvalue weighted by atomic mass is 15.1. The molecule has 306 valence electrons. The smallest absolute Gasteiger partial charge is 0.0543 e. The van der Waals surface area contributed by atoms with Crippen LogP contribution in [0, 0.1) is 0 Å². The van der Waals surface area contributed by atoms with Gasteiger partial charge in [-0.05, 0) is 120 Å². The van der Waals surface area contributed by atoms with E-state index in [0.29, 0.717) is 0 Å². The molecular weight excluding hydrogens is 783 g/mol. The molecule has 0 fully saturated rings. The van der Waals surface area contributed by atoms with Gasteiger partial charge in [0.05, 0.1) is 11.4 Å². The van der Waals surface area contributed by atoms with Crippen LogP contribution in [-0.2, 0) is 5.41 Å². The van der Waals surface area contributed by atoms with Gasteiger partial charge in [-0.15, -0.1) is 0 Å². The van der Waals surface area contributed by atoms with Crippen LogP contribution in [0.1, 0.15) is 23.6 Å². The molecule has 0 saturated heterocycles. The maximum Gasteiger partial charge on any atom is 0.0543 e. The number of para-hydroxylation sites is 1. The third-order valence-electron chi connectivity index (χ3n) is 13.8. The van der Waals surface area contributed by atoms with Crippen LogP contribution in [0.5, 0.6) is 0 Å². The molecule has 1 nitrogen and oxygen atoms in total. The van der Waals surface area contributed by atoms with Crippen molar-refractivity contribution in [3.05, 3.63) is 271 Å². The van der Waals surface area contributed by atoms with Crippen LogP contribution >= 0.6 is 0 Å². The summed E-state index contributed by atoms with van der Waals surface area (Å²) in [6.07, 6.45) is 0. The molecule has 1 heteroatoms. The second kappa shape index (κ2) is 15.8. The summed E-state index contributed by atoms with van der Waals surface area (Å²) in [7, 11) is 0. The first kappa shape index (κ1) is 38.4. The van der Waals surface area contributed by atoms with Crippen molar-refractivity contribution in [3.8, 4) is 55.6 Å². The van der Waals surface area contributed by atoms with Gasteiger partial charge in [0.15, 0.2) is 0 Å². The number of anilines is 3. The molecular formula is C64H45N. The Morgan fingerprint density at radius 1 is 0.308 bits per heavy atom. The Balaban J connectivity index is 0.987. The van der Waals surface area contributed by atoms with Crippen LogP contribution in [0.25, 0.3) is 77.2 Å². The van der Waals surface area contributed by atoms with Crippen molar-refractivity contribution in [1.29, 1.82) is 0 Å². The molecule has 1 unspecified atom stereocenters. The van der Waals surface area contributed by atoms with E-state index < -0.39 is 0 Å². The second-order valence-corrected chi connectivity index (χ2v) is 17.4. The van der Waals surface area contributed by atoms with Crippen molar-refractivity contribution in [2.45, 2.75) is 12.3 Å². The minimum atomic E-state index is -0.324. The molecule has 0 spiro atoms. The van der Waals surface area contributed by atoms with Crippen molar-refractivity contribution < 1.29 is 0 Å². The summed E-state index contributed by atoms with van der Waals surface area (Å²) in [5, 5.41) is 5.03. The van der Waals surface area contributed by atoms with Gasteiger partial charge in [-0.3, -0.25) is 0 Å². The van der Waals surface area contributed by atoms with Gasteiger partial charge in [-0.1, -0.05) is 224 Å². The molecule has 0 amide bonds. The Labute approximate surface area is 381 Å². The maximum absolute atomic E-state index is 2.49. The molecule has 11 aromatic carbocycles. The van der Waals surface area contributed by atoms with Gasteiger partial charge in [-0.25, -0.2) is 0 Å². The lowest BCUT2D eigenvalue weighted by atomic mass is 9.74. The fourth-order valence-electron chi connectivity index (χ4n) is 10.4. The average molecular weight is 828 g/mol. The third-order valence-corrected chi connectivity index (χ3v) is 13.8. The quantitative estimate of drug-likeness (QED) is 0.147. The molecule has 65 heavy (non-hydrogen) atoms. The molecule has 0 radical (unpaired) electrons. The molecule has 1 aliphatic rings.